The minimum Gasteiger partial charge on any atom is -0.460 e. The van der Waals surface area contributed by atoms with E-state index in [4.69, 9.17) is 10.5 Å². The lowest BCUT2D eigenvalue weighted by Crippen LogP contribution is -2.24. The molecule has 0 unspecified atom stereocenters. The van der Waals surface area contributed by atoms with Crippen molar-refractivity contribution in [1.82, 2.24) is 19.5 Å². The zero-order valence-electron chi connectivity index (χ0n) is 15.2. The van der Waals surface area contributed by atoms with Crippen molar-refractivity contribution in [3.05, 3.63) is 50.6 Å². The highest BCUT2D eigenvalue weighted by Crippen LogP contribution is 2.22. The summed E-state index contributed by atoms with van der Waals surface area (Å²) in [6, 6.07) is 7.58. The lowest BCUT2D eigenvalue weighted by molar-refractivity contribution is -0.153. The van der Waals surface area contributed by atoms with E-state index in [1.807, 2.05) is 45.0 Å². The van der Waals surface area contributed by atoms with Gasteiger partial charge in [-0.1, -0.05) is 24.3 Å². The number of fused-ring (bicyclic) bond motifs is 1. The van der Waals surface area contributed by atoms with Crippen LogP contribution in [0.3, 0.4) is 0 Å². The Bertz CT molecular complexity index is 1070. The van der Waals surface area contributed by atoms with Gasteiger partial charge in [0.05, 0.1) is 13.0 Å². The third-order valence-corrected chi connectivity index (χ3v) is 4.30. The number of benzene rings is 1. The number of ether oxygens (including phenoxy) is 1. The number of aromatic nitrogens is 4. The molecule has 142 valence electrons. The van der Waals surface area contributed by atoms with E-state index in [1.165, 1.54) is 0 Å². The normalized spacial score (nSPS) is 11.7. The van der Waals surface area contributed by atoms with Gasteiger partial charge in [-0.05, 0) is 47.8 Å². The molecule has 3 aromatic rings. The van der Waals surface area contributed by atoms with Crippen LogP contribution in [0.25, 0.3) is 11.2 Å². The topological polar surface area (TPSA) is 116 Å². The van der Waals surface area contributed by atoms with Crippen LogP contribution in [0.4, 0.5) is 5.82 Å². The van der Waals surface area contributed by atoms with E-state index >= 15 is 0 Å². The minimum atomic E-state index is -0.535. The van der Waals surface area contributed by atoms with E-state index in [-0.39, 0.29) is 18.2 Å². The molecule has 9 heteroatoms. The van der Waals surface area contributed by atoms with Gasteiger partial charge in [0.2, 0.25) is 0 Å². The van der Waals surface area contributed by atoms with E-state index in [0.29, 0.717) is 22.4 Å². The number of carbonyl (C=O) groups is 1. The zero-order valence-corrected chi connectivity index (χ0v) is 16.8. The number of nitrogens with two attached hydrogens (primary N) is 1. The fourth-order valence-electron chi connectivity index (χ4n) is 2.72. The molecule has 0 bridgehead atoms. The zero-order chi connectivity index (χ0) is 19.8. The van der Waals surface area contributed by atoms with Gasteiger partial charge in [-0.3, -0.25) is 14.3 Å². The number of nitrogens with zero attached hydrogens (tertiary/aromatic N) is 3. The van der Waals surface area contributed by atoms with Crippen LogP contribution >= 0.6 is 15.9 Å². The Morgan fingerprint density at radius 2 is 2.00 bits per heavy atom. The van der Waals surface area contributed by atoms with E-state index in [2.05, 4.69) is 30.9 Å². The molecule has 0 saturated carbocycles. The van der Waals surface area contributed by atoms with E-state index < -0.39 is 11.3 Å². The molecule has 0 aliphatic heterocycles. The van der Waals surface area contributed by atoms with Gasteiger partial charge in [-0.15, -0.1) is 0 Å². The highest BCUT2D eigenvalue weighted by Gasteiger charge is 2.17. The van der Waals surface area contributed by atoms with Crippen LogP contribution in [0.5, 0.6) is 0 Å². The second-order valence-electron chi connectivity index (χ2n) is 7.18. The number of aromatic amines is 1. The summed E-state index contributed by atoms with van der Waals surface area (Å²) in [6.07, 6.45) is 0.182. The van der Waals surface area contributed by atoms with Crippen molar-refractivity contribution in [3.8, 4) is 0 Å². The number of anilines is 1. The van der Waals surface area contributed by atoms with Gasteiger partial charge >= 0.3 is 11.7 Å². The summed E-state index contributed by atoms with van der Waals surface area (Å²) in [5, 5.41) is 0. The number of halogens is 1. The third-order valence-electron chi connectivity index (χ3n) is 3.70. The van der Waals surface area contributed by atoms with Crippen LogP contribution in [0.15, 0.2) is 33.8 Å². The van der Waals surface area contributed by atoms with Crippen molar-refractivity contribution in [2.24, 2.45) is 0 Å². The van der Waals surface area contributed by atoms with Gasteiger partial charge in [0.25, 0.3) is 0 Å². The Kier molecular flexibility index (Phi) is 5.05. The molecule has 8 nitrogen and oxygen atoms in total. The highest BCUT2D eigenvalue weighted by molar-refractivity contribution is 9.10. The second kappa shape index (κ2) is 7.15. The van der Waals surface area contributed by atoms with Gasteiger partial charge in [0, 0.05) is 0 Å². The quantitative estimate of drug-likeness (QED) is 0.481. The van der Waals surface area contributed by atoms with E-state index in [1.54, 1.807) is 4.57 Å². The first kappa shape index (κ1) is 19.1. The standard InChI is InChI=1S/C18H20BrN5O3/c1-18(2,3)27-12(25)8-10-5-4-6-11(7-10)9-24-15-13(21-16(24)19)14(20)22-17(26)23-15/h4-7H,8-9H2,1-3H3,(H3,20,22,23,26). The SMILES string of the molecule is CC(C)(C)OC(=O)Cc1cccc(Cn2c(Br)nc3c(N)[nH]c(=O)nc32)c1. The summed E-state index contributed by atoms with van der Waals surface area (Å²) in [5.74, 6) is -0.113. The van der Waals surface area contributed by atoms with Crippen LogP contribution in [0.1, 0.15) is 31.9 Å². The Balaban J connectivity index is 1.87. The number of nitrogens with one attached hydrogen (secondary N) is 1. The maximum absolute atomic E-state index is 12.1. The number of hydrogen-bond donors (Lipinski definition) is 2. The maximum atomic E-state index is 12.1. The molecule has 0 amide bonds. The smallest absolute Gasteiger partial charge is 0.348 e. The summed E-state index contributed by atoms with van der Waals surface area (Å²) in [4.78, 5) is 34.4. The molecule has 0 fully saturated rings. The fraction of sp³-hybridized carbons (Fsp3) is 0.333. The predicted octanol–water partition coefficient (Wildman–Crippen LogP) is 2.40. The molecule has 2 heterocycles. The molecule has 0 spiro atoms. The van der Waals surface area contributed by atoms with Crippen molar-refractivity contribution < 1.29 is 9.53 Å². The number of hydrogen-bond acceptors (Lipinski definition) is 6. The molecule has 2 aromatic heterocycles. The van der Waals surface area contributed by atoms with Crippen molar-refractivity contribution >= 4 is 38.9 Å². The molecular weight excluding hydrogens is 414 g/mol. The summed E-state index contributed by atoms with van der Waals surface area (Å²) in [7, 11) is 0. The van der Waals surface area contributed by atoms with E-state index in [0.717, 1.165) is 11.1 Å². The summed E-state index contributed by atoms with van der Waals surface area (Å²) in [6.45, 7) is 5.92. The maximum Gasteiger partial charge on any atom is 0.348 e. The van der Waals surface area contributed by atoms with Crippen molar-refractivity contribution in [3.63, 3.8) is 0 Å². The third kappa shape index (κ3) is 4.54. The largest absolute Gasteiger partial charge is 0.460 e. The molecule has 0 atom stereocenters. The highest BCUT2D eigenvalue weighted by atomic mass is 79.9. The molecular formula is C18H20BrN5O3. The molecule has 0 radical (unpaired) electrons. The predicted molar refractivity (Wildman–Crippen MR) is 105 cm³/mol. The Hall–Kier alpha value is -2.68. The number of imidazole rings is 1. The number of rotatable bonds is 4. The fourth-order valence-corrected chi connectivity index (χ4v) is 3.19. The Morgan fingerprint density at radius 3 is 2.70 bits per heavy atom. The monoisotopic (exact) mass is 433 g/mol. The first-order valence-electron chi connectivity index (χ1n) is 8.33. The number of carbonyl (C=O) groups excluding carboxylic acids is 1. The van der Waals surface area contributed by atoms with Crippen LogP contribution in [0.2, 0.25) is 0 Å². The van der Waals surface area contributed by atoms with Gasteiger partial charge in [0.1, 0.15) is 16.9 Å². The van der Waals surface area contributed by atoms with Crippen LogP contribution in [-0.4, -0.2) is 31.1 Å². The Morgan fingerprint density at radius 1 is 1.30 bits per heavy atom. The second-order valence-corrected chi connectivity index (χ2v) is 7.89. The van der Waals surface area contributed by atoms with Gasteiger partial charge < -0.3 is 10.5 Å². The molecule has 1 aromatic carbocycles. The van der Waals surface area contributed by atoms with E-state index in [9.17, 15) is 9.59 Å². The Labute approximate surface area is 163 Å². The van der Waals surface area contributed by atoms with Crippen LogP contribution < -0.4 is 11.4 Å². The van der Waals surface area contributed by atoms with Crippen molar-refractivity contribution in [2.75, 3.05) is 5.73 Å². The van der Waals surface area contributed by atoms with Crippen molar-refractivity contribution in [1.29, 1.82) is 0 Å². The van der Waals surface area contributed by atoms with Gasteiger partial charge in [-0.2, -0.15) is 4.98 Å². The summed E-state index contributed by atoms with van der Waals surface area (Å²) >= 11 is 3.38. The number of esters is 1. The van der Waals surface area contributed by atoms with Gasteiger partial charge in [-0.25, -0.2) is 9.78 Å². The molecule has 0 aliphatic carbocycles. The molecule has 3 N–H and O–H groups in total. The van der Waals surface area contributed by atoms with Gasteiger partial charge in [0.15, 0.2) is 10.4 Å². The summed E-state index contributed by atoms with van der Waals surface area (Å²) in [5.41, 5.74) is 7.34. The lowest BCUT2D eigenvalue weighted by Gasteiger charge is -2.19. The average Bonchev–Trinajstić information content (AvgIpc) is 2.83. The van der Waals surface area contributed by atoms with Crippen LogP contribution in [-0.2, 0) is 22.5 Å². The molecule has 0 saturated heterocycles. The average molecular weight is 434 g/mol. The summed E-state index contributed by atoms with van der Waals surface area (Å²) < 4.78 is 7.62. The molecule has 3 rings (SSSR count). The number of H-pyrrole nitrogens is 1. The first-order valence-corrected chi connectivity index (χ1v) is 9.13. The minimum absolute atomic E-state index is 0.170. The van der Waals surface area contributed by atoms with Crippen LogP contribution in [0, 0.1) is 0 Å². The molecule has 27 heavy (non-hydrogen) atoms. The molecule has 0 aliphatic rings. The van der Waals surface area contributed by atoms with Crippen molar-refractivity contribution in [2.45, 2.75) is 39.3 Å². The number of nitrogen functional groups attached to an aromatic ring is 1. The lowest BCUT2D eigenvalue weighted by atomic mass is 10.1. The first-order chi connectivity index (χ1) is 12.6.